The lowest BCUT2D eigenvalue weighted by atomic mass is 9.89. The molecule has 1 N–H and O–H groups in total. The third-order valence-corrected chi connectivity index (χ3v) is 7.10. The highest BCUT2D eigenvalue weighted by atomic mass is 16.5. The third kappa shape index (κ3) is 6.51. The molecule has 1 aliphatic heterocycles. The normalized spacial score (nSPS) is 18.5. The van der Waals surface area contributed by atoms with Crippen LogP contribution in [0.5, 0.6) is 11.5 Å². The molecule has 7 heteroatoms. The number of carbonyl (C=O) groups excluding carboxylic acids is 2. The molecule has 0 bridgehead atoms. The van der Waals surface area contributed by atoms with Crippen molar-refractivity contribution in [3.63, 3.8) is 0 Å². The lowest BCUT2D eigenvalue weighted by molar-refractivity contribution is -0.133. The molecular weight excluding hydrogens is 466 g/mol. The molecule has 0 saturated heterocycles. The number of ether oxygens (including phenoxy) is 2. The van der Waals surface area contributed by atoms with Crippen LogP contribution >= 0.6 is 0 Å². The summed E-state index contributed by atoms with van der Waals surface area (Å²) >= 11 is 0. The van der Waals surface area contributed by atoms with E-state index in [0.29, 0.717) is 18.7 Å². The van der Waals surface area contributed by atoms with E-state index in [1.54, 1.807) is 12.1 Å². The highest BCUT2D eigenvalue weighted by molar-refractivity contribution is 6.06. The number of benzene rings is 2. The van der Waals surface area contributed by atoms with Crippen LogP contribution in [0.4, 0.5) is 5.69 Å². The Morgan fingerprint density at radius 1 is 1.08 bits per heavy atom. The van der Waals surface area contributed by atoms with Crippen molar-refractivity contribution in [1.29, 1.82) is 0 Å². The number of hydrogen-bond donors (Lipinski definition) is 1. The molecule has 1 atom stereocenters. The van der Waals surface area contributed by atoms with Crippen LogP contribution in [-0.2, 0) is 16.1 Å². The summed E-state index contributed by atoms with van der Waals surface area (Å²) in [5.74, 6) is 1.47. The zero-order valence-corrected chi connectivity index (χ0v) is 22.7. The largest absolute Gasteiger partial charge is 0.493 e. The predicted molar refractivity (Wildman–Crippen MR) is 146 cm³/mol. The van der Waals surface area contributed by atoms with Crippen LogP contribution in [0.2, 0.25) is 0 Å². The molecule has 1 unspecified atom stereocenters. The second-order valence-electron chi connectivity index (χ2n) is 11.0. The first kappa shape index (κ1) is 26.7. The van der Waals surface area contributed by atoms with Gasteiger partial charge in [0.15, 0.2) is 11.5 Å². The molecule has 2 aromatic carbocycles. The maximum Gasteiger partial charge on any atom is 0.243 e. The fraction of sp³-hybridized carbons (Fsp3) is 0.500. The number of methoxy groups -OCH3 is 1. The molecule has 37 heavy (non-hydrogen) atoms. The van der Waals surface area contributed by atoms with E-state index in [2.05, 4.69) is 12.2 Å². The summed E-state index contributed by atoms with van der Waals surface area (Å²) in [4.78, 5) is 25.3. The lowest BCUT2D eigenvalue weighted by Gasteiger charge is -2.29. The predicted octanol–water partition coefficient (Wildman–Crippen LogP) is 6.16. The number of hydrazone groups is 1. The Hall–Kier alpha value is -3.35. The van der Waals surface area contributed by atoms with Gasteiger partial charge in [-0.2, -0.15) is 5.10 Å². The molecule has 4 rings (SSSR count). The van der Waals surface area contributed by atoms with E-state index in [0.717, 1.165) is 47.5 Å². The SMILES string of the molecule is CCC1CC(=O)N(Cc2ccc(NC(=O)C(C)(C)C)cc2)N=C1c1ccc(OC)c(OC2CCCC2)c1. The Labute approximate surface area is 220 Å². The van der Waals surface area contributed by atoms with Crippen LogP contribution < -0.4 is 14.8 Å². The minimum Gasteiger partial charge on any atom is -0.493 e. The topological polar surface area (TPSA) is 80.2 Å². The first-order valence-electron chi connectivity index (χ1n) is 13.3. The van der Waals surface area contributed by atoms with Gasteiger partial charge in [-0.25, -0.2) is 5.01 Å². The average Bonchev–Trinajstić information content (AvgIpc) is 3.38. The van der Waals surface area contributed by atoms with Gasteiger partial charge in [-0.1, -0.05) is 39.8 Å². The maximum absolute atomic E-state index is 13.0. The molecule has 2 amide bonds. The second kappa shape index (κ2) is 11.4. The molecule has 1 aliphatic carbocycles. The van der Waals surface area contributed by atoms with Gasteiger partial charge >= 0.3 is 0 Å². The van der Waals surface area contributed by atoms with E-state index >= 15 is 0 Å². The quantitative estimate of drug-likeness (QED) is 0.466. The van der Waals surface area contributed by atoms with Gasteiger partial charge in [-0.15, -0.1) is 0 Å². The van der Waals surface area contributed by atoms with Crippen molar-refractivity contribution in [2.75, 3.05) is 12.4 Å². The Morgan fingerprint density at radius 2 is 1.78 bits per heavy atom. The average molecular weight is 506 g/mol. The van der Waals surface area contributed by atoms with Crippen molar-refractivity contribution in [2.24, 2.45) is 16.4 Å². The standard InChI is InChI=1S/C30H39N3O4/c1-6-21-18-27(34)33(19-20-11-14-23(15-12-20)31-29(35)30(2,3)4)32-28(21)22-13-16-25(36-5)26(17-22)37-24-9-7-8-10-24/h11-17,21,24H,6-10,18-19H2,1-5H3,(H,31,35). The number of rotatable bonds is 8. The Morgan fingerprint density at radius 3 is 2.41 bits per heavy atom. The summed E-state index contributed by atoms with van der Waals surface area (Å²) in [7, 11) is 1.66. The van der Waals surface area contributed by atoms with E-state index in [9.17, 15) is 9.59 Å². The van der Waals surface area contributed by atoms with Crippen molar-refractivity contribution in [2.45, 2.75) is 78.9 Å². The summed E-state index contributed by atoms with van der Waals surface area (Å²) in [5, 5.41) is 9.34. The van der Waals surface area contributed by atoms with Crippen LogP contribution in [0.3, 0.4) is 0 Å². The number of hydrogen-bond acceptors (Lipinski definition) is 5. The zero-order chi connectivity index (χ0) is 26.6. The molecule has 0 aromatic heterocycles. The van der Waals surface area contributed by atoms with Crippen molar-refractivity contribution in [1.82, 2.24) is 5.01 Å². The number of anilines is 1. The van der Waals surface area contributed by atoms with Gasteiger partial charge in [0.1, 0.15) is 0 Å². The van der Waals surface area contributed by atoms with Gasteiger partial charge in [0.05, 0.1) is 25.5 Å². The fourth-order valence-corrected chi connectivity index (χ4v) is 4.73. The molecule has 198 valence electrons. The fourth-order valence-electron chi connectivity index (χ4n) is 4.73. The van der Waals surface area contributed by atoms with E-state index in [1.165, 1.54) is 12.8 Å². The summed E-state index contributed by atoms with van der Waals surface area (Å²) in [5.41, 5.74) is 3.06. The van der Waals surface area contributed by atoms with E-state index < -0.39 is 5.41 Å². The van der Waals surface area contributed by atoms with Crippen LogP contribution in [0, 0.1) is 11.3 Å². The first-order chi connectivity index (χ1) is 17.7. The van der Waals surface area contributed by atoms with Gasteiger partial charge in [-0.05, 0) is 68.0 Å². The minimum absolute atomic E-state index is 0.0108. The summed E-state index contributed by atoms with van der Waals surface area (Å²) in [6.07, 6.45) is 5.97. The highest BCUT2D eigenvalue weighted by Crippen LogP contribution is 2.35. The van der Waals surface area contributed by atoms with Gasteiger partial charge in [0.25, 0.3) is 0 Å². The van der Waals surface area contributed by atoms with Crippen LogP contribution in [-0.4, -0.2) is 35.7 Å². The molecule has 0 spiro atoms. The molecule has 7 nitrogen and oxygen atoms in total. The Balaban J connectivity index is 1.55. The number of nitrogens with zero attached hydrogens (tertiary/aromatic N) is 2. The molecule has 2 aromatic rings. The molecule has 0 radical (unpaired) electrons. The first-order valence-corrected chi connectivity index (χ1v) is 13.3. The Bertz CT molecular complexity index is 1140. The highest BCUT2D eigenvalue weighted by Gasteiger charge is 2.30. The zero-order valence-electron chi connectivity index (χ0n) is 22.7. The van der Waals surface area contributed by atoms with Gasteiger partial charge in [0.2, 0.25) is 11.8 Å². The third-order valence-electron chi connectivity index (χ3n) is 7.10. The number of nitrogens with one attached hydrogen (secondary N) is 1. The van der Waals surface area contributed by atoms with E-state index in [-0.39, 0.29) is 23.8 Å². The Kier molecular flexibility index (Phi) is 8.20. The molecule has 1 fully saturated rings. The smallest absolute Gasteiger partial charge is 0.243 e. The van der Waals surface area contributed by atoms with Crippen molar-refractivity contribution in [3.05, 3.63) is 53.6 Å². The van der Waals surface area contributed by atoms with E-state index in [1.807, 2.05) is 63.2 Å². The van der Waals surface area contributed by atoms with E-state index in [4.69, 9.17) is 14.6 Å². The minimum atomic E-state index is -0.469. The second-order valence-corrected chi connectivity index (χ2v) is 11.0. The lowest BCUT2D eigenvalue weighted by Crippen LogP contribution is -2.36. The number of carbonyl (C=O) groups is 2. The van der Waals surface area contributed by atoms with Crippen molar-refractivity contribution < 1.29 is 19.1 Å². The monoisotopic (exact) mass is 505 g/mol. The van der Waals surface area contributed by atoms with Crippen molar-refractivity contribution >= 4 is 23.2 Å². The maximum atomic E-state index is 13.0. The van der Waals surface area contributed by atoms with Crippen molar-refractivity contribution in [3.8, 4) is 11.5 Å². The van der Waals surface area contributed by atoms with Gasteiger partial charge < -0.3 is 14.8 Å². The summed E-state index contributed by atoms with van der Waals surface area (Å²) in [6.45, 7) is 8.10. The van der Waals surface area contributed by atoms with Crippen LogP contribution in [0.25, 0.3) is 0 Å². The molecule has 1 saturated carbocycles. The number of amides is 2. The van der Waals surface area contributed by atoms with Gasteiger partial charge in [0, 0.05) is 29.0 Å². The van der Waals surface area contributed by atoms with Crippen LogP contribution in [0.1, 0.15) is 77.3 Å². The molecule has 2 aliphatic rings. The van der Waals surface area contributed by atoms with Crippen LogP contribution in [0.15, 0.2) is 47.6 Å². The summed E-state index contributed by atoms with van der Waals surface area (Å²) < 4.78 is 11.9. The molecular formula is C30H39N3O4. The molecule has 1 heterocycles. The summed E-state index contributed by atoms with van der Waals surface area (Å²) in [6, 6.07) is 13.5. The van der Waals surface area contributed by atoms with Gasteiger partial charge in [-0.3, -0.25) is 9.59 Å².